The van der Waals surface area contributed by atoms with E-state index in [9.17, 15) is 10.1 Å². The topological polar surface area (TPSA) is 103 Å². The van der Waals surface area contributed by atoms with Gasteiger partial charge in [-0.3, -0.25) is 10.1 Å². The van der Waals surface area contributed by atoms with E-state index in [0.717, 1.165) is 0 Å². The number of hydrogen-bond donors (Lipinski definition) is 1. The van der Waals surface area contributed by atoms with Crippen molar-refractivity contribution in [1.29, 1.82) is 0 Å². The van der Waals surface area contributed by atoms with Gasteiger partial charge in [0.25, 0.3) is 0 Å². The Morgan fingerprint density at radius 1 is 1.53 bits per heavy atom. The molecule has 19 heavy (non-hydrogen) atoms. The van der Waals surface area contributed by atoms with E-state index in [4.69, 9.17) is 9.84 Å². The predicted octanol–water partition coefficient (Wildman–Crippen LogP) is 0.985. The summed E-state index contributed by atoms with van der Waals surface area (Å²) in [5.74, 6) is 0.175. The van der Waals surface area contributed by atoms with Gasteiger partial charge in [0.2, 0.25) is 0 Å². The number of nitro groups is 1. The number of aliphatic hydroxyl groups excluding tert-OH is 1. The lowest BCUT2D eigenvalue weighted by Gasteiger charge is -2.06. The van der Waals surface area contributed by atoms with Gasteiger partial charge in [0.05, 0.1) is 30.0 Å². The first kappa shape index (κ1) is 13.0. The molecule has 1 N–H and O–H groups in total. The van der Waals surface area contributed by atoms with Crippen molar-refractivity contribution in [2.24, 2.45) is 0 Å². The van der Waals surface area contributed by atoms with Crippen LogP contribution in [0.1, 0.15) is 11.4 Å². The Morgan fingerprint density at radius 2 is 2.26 bits per heavy atom. The van der Waals surface area contributed by atoms with E-state index in [1.807, 2.05) is 0 Å². The van der Waals surface area contributed by atoms with Gasteiger partial charge in [-0.05, 0) is 19.1 Å². The van der Waals surface area contributed by atoms with Crippen molar-refractivity contribution in [3.63, 3.8) is 0 Å². The Labute approximate surface area is 108 Å². The number of ether oxygens (including phenoxy) is 1. The highest BCUT2D eigenvalue weighted by Gasteiger charge is 2.17. The molecular weight excluding hydrogens is 252 g/mol. The van der Waals surface area contributed by atoms with Crippen LogP contribution in [0, 0.1) is 17.0 Å². The lowest BCUT2D eigenvalue weighted by atomic mass is 10.2. The molecule has 0 fully saturated rings. The first-order valence-electron chi connectivity index (χ1n) is 5.43. The fourth-order valence-electron chi connectivity index (χ4n) is 1.70. The van der Waals surface area contributed by atoms with Crippen molar-refractivity contribution in [2.75, 3.05) is 7.11 Å². The minimum atomic E-state index is -0.526. The first-order valence-corrected chi connectivity index (χ1v) is 5.43. The average Bonchev–Trinajstić information content (AvgIpc) is 2.79. The Bertz CT molecular complexity index is 623. The van der Waals surface area contributed by atoms with Crippen LogP contribution < -0.4 is 4.74 Å². The number of nitrogens with zero attached hydrogens (tertiary/aromatic N) is 4. The first-order chi connectivity index (χ1) is 9.08. The van der Waals surface area contributed by atoms with E-state index in [0.29, 0.717) is 17.1 Å². The van der Waals surface area contributed by atoms with Crippen LogP contribution >= 0.6 is 0 Å². The summed E-state index contributed by atoms with van der Waals surface area (Å²) in [6.07, 6.45) is 0. The molecular formula is C11H12N4O4. The molecule has 0 amide bonds. The molecule has 8 heteroatoms. The van der Waals surface area contributed by atoms with Gasteiger partial charge in [0.1, 0.15) is 5.69 Å². The molecule has 0 saturated heterocycles. The molecule has 8 nitrogen and oxygen atoms in total. The third-order valence-electron chi connectivity index (χ3n) is 2.74. The summed E-state index contributed by atoms with van der Waals surface area (Å²) >= 11 is 0. The Hall–Kier alpha value is -2.48. The van der Waals surface area contributed by atoms with Crippen LogP contribution in [0.5, 0.6) is 5.75 Å². The Kier molecular flexibility index (Phi) is 3.43. The zero-order valence-corrected chi connectivity index (χ0v) is 10.4. The minimum Gasteiger partial charge on any atom is -0.490 e. The number of rotatable bonds is 4. The lowest BCUT2D eigenvalue weighted by molar-refractivity contribution is -0.385. The van der Waals surface area contributed by atoms with Crippen molar-refractivity contribution in [2.45, 2.75) is 13.5 Å². The third kappa shape index (κ3) is 2.25. The highest BCUT2D eigenvalue weighted by Crippen LogP contribution is 2.29. The molecule has 0 saturated carbocycles. The molecule has 1 aromatic carbocycles. The number of benzene rings is 1. The van der Waals surface area contributed by atoms with Crippen molar-refractivity contribution < 1.29 is 14.8 Å². The molecule has 0 aliphatic carbocycles. The van der Waals surface area contributed by atoms with Crippen LogP contribution in [0.2, 0.25) is 0 Å². The summed E-state index contributed by atoms with van der Waals surface area (Å²) in [5.41, 5.74) is 1.39. The van der Waals surface area contributed by atoms with Gasteiger partial charge in [0, 0.05) is 6.07 Å². The van der Waals surface area contributed by atoms with Gasteiger partial charge >= 0.3 is 5.69 Å². The standard InChI is InChI=1S/C11H12N4O4/c1-7-9(6-16)12-13-14(7)8-3-4-11(19-2)10(5-8)15(17)18/h3-5,16H,6H2,1-2H3. The quantitative estimate of drug-likeness (QED) is 0.652. The molecule has 2 rings (SSSR count). The monoisotopic (exact) mass is 264 g/mol. The molecule has 100 valence electrons. The summed E-state index contributed by atoms with van der Waals surface area (Å²) in [6.45, 7) is 1.49. The Balaban J connectivity index is 2.54. The molecule has 2 aromatic rings. The summed E-state index contributed by atoms with van der Waals surface area (Å²) in [6, 6.07) is 4.48. The minimum absolute atomic E-state index is 0.152. The van der Waals surface area contributed by atoms with E-state index in [1.165, 1.54) is 23.9 Å². The van der Waals surface area contributed by atoms with E-state index in [-0.39, 0.29) is 18.0 Å². The molecule has 0 radical (unpaired) electrons. The molecule has 0 spiro atoms. The van der Waals surface area contributed by atoms with Gasteiger partial charge in [-0.15, -0.1) is 5.10 Å². The second-order valence-corrected chi connectivity index (χ2v) is 3.80. The van der Waals surface area contributed by atoms with Gasteiger partial charge in [-0.2, -0.15) is 0 Å². The van der Waals surface area contributed by atoms with Crippen LogP contribution in [0.3, 0.4) is 0 Å². The number of nitro benzene ring substituents is 1. The predicted molar refractivity (Wildman–Crippen MR) is 65.2 cm³/mol. The van der Waals surface area contributed by atoms with Crippen LogP contribution in [-0.4, -0.2) is 32.1 Å². The van der Waals surface area contributed by atoms with Crippen molar-refractivity contribution in [3.05, 3.63) is 39.7 Å². The van der Waals surface area contributed by atoms with E-state index in [1.54, 1.807) is 13.0 Å². The lowest BCUT2D eigenvalue weighted by Crippen LogP contribution is -2.02. The van der Waals surface area contributed by atoms with Crippen LogP contribution in [0.25, 0.3) is 5.69 Å². The molecule has 0 aliphatic heterocycles. The maximum absolute atomic E-state index is 11.0. The largest absolute Gasteiger partial charge is 0.490 e. The van der Waals surface area contributed by atoms with E-state index < -0.39 is 4.92 Å². The highest BCUT2D eigenvalue weighted by molar-refractivity contribution is 5.53. The zero-order valence-electron chi connectivity index (χ0n) is 10.4. The molecule has 0 unspecified atom stereocenters. The summed E-state index contributed by atoms with van der Waals surface area (Å²) in [5, 5.41) is 27.7. The van der Waals surface area contributed by atoms with E-state index >= 15 is 0 Å². The highest BCUT2D eigenvalue weighted by atomic mass is 16.6. The van der Waals surface area contributed by atoms with Gasteiger partial charge < -0.3 is 9.84 Å². The van der Waals surface area contributed by atoms with Crippen LogP contribution in [-0.2, 0) is 6.61 Å². The molecule has 0 bridgehead atoms. The second kappa shape index (κ2) is 5.02. The smallest absolute Gasteiger partial charge is 0.313 e. The van der Waals surface area contributed by atoms with Crippen molar-refractivity contribution >= 4 is 5.69 Å². The van der Waals surface area contributed by atoms with Crippen LogP contribution in [0.15, 0.2) is 18.2 Å². The SMILES string of the molecule is COc1ccc(-n2nnc(CO)c2C)cc1[N+](=O)[O-]. The fourth-order valence-corrected chi connectivity index (χ4v) is 1.70. The number of hydrogen-bond acceptors (Lipinski definition) is 6. The van der Waals surface area contributed by atoms with Crippen molar-refractivity contribution in [3.8, 4) is 11.4 Å². The average molecular weight is 264 g/mol. The van der Waals surface area contributed by atoms with Gasteiger partial charge in [-0.25, -0.2) is 4.68 Å². The molecule has 1 aromatic heterocycles. The van der Waals surface area contributed by atoms with Crippen LogP contribution in [0.4, 0.5) is 5.69 Å². The zero-order chi connectivity index (χ0) is 14.0. The number of methoxy groups -OCH3 is 1. The summed E-state index contributed by atoms with van der Waals surface area (Å²) in [4.78, 5) is 10.4. The fraction of sp³-hybridized carbons (Fsp3) is 0.273. The number of aromatic nitrogens is 3. The van der Waals surface area contributed by atoms with E-state index in [2.05, 4.69) is 10.3 Å². The summed E-state index contributed by atoms with van der Waals surface area (Å²) < 4.78 is 6.36. The van der Waals surface area contributed by atoms with Gasteiger partial charge in [-0.1, -0.05) is 5.21 Å². The maximum Gasteiger partial charge on any atom is 0.313 e. The van der Waals surface area contributed by atoms with Crippen molar-refractivity contribution in [1.82, 2.24) is 15.0 Å². The molecule has 1 heterocycles. The summed E-state index contributed by atoms with van der Waals surface area (Å²) in [7, 11) is 1.37. The molecule has 0 atom stereocenters. The molecule has 0 aliphatic rings. The normalized spacial score (nSPS) is 10.5. The number of aliphatic hydroxyl groups is 1. The van der Waals surface area contributed by atoms with Gasteiger partial charge in [0.15, 0.2) is 5.75 Å². The maximum atomic E-state index is 11.0. The second-order valence-electron chi connectivity index (χ2n) is 3.80. The third-order valence-corrected chi connectivity index (χ3v) is 2.74. The Morgan fingerprint density at radius 3 is 2.79 bits per heavy atom.